The molecule has 1 aliphatic carbocycles. The zero-order valence-electron chi connectivity index (χ0n) is 14.9. The number of sulfonamides is 1. The number of H-pyrrole nitrogens is 1. The quantitative estimate of drug-likeness (QED) is 0.565. The van der Waals surface area contributed by atoms with Crippen molar-refractivity contribution in [2.24, 2.45) is 0 Å². The van der Waals surface area contributed by atoms with Gasteiger partial charge in [0.05, 0.1) is 22.8 Å². The van der Waals surface area contributed by atoms with E-state index < -0.39 is 56.3 Å². The van der Waals surface area contributed by atoms with Crippen molar-refractivity contribution >= 4 is 32.4 Å². The molecule has 3 aromatic rings. The topological polar surface area (TPSA) is 101 Å². The number of Topliss-reactive ketones (excluding diaryl/α,β-unsaturated/α-hetero) is 1. The van der Waals surface area contributed by atoms with Crippen LogP contribution in [0.5, 0.6) is 11.5 Å². The molecule has 4 rings (SSSR count). The number of nitrogens with zero attached hydrogens (tertiary/aromatic N) is 1. The fourth-order valence-corrected chi connectivity index (χ4v) is 3.69. The number of rotatable bonds is 4. The molecule has 7 nitrogen and oxygen atoms in total. The molecule has 0 saturated carbocycles. The summed E-state index contributed by atoms with van der Waals surface area (Å²) in [6.07, 6.45) is -0.0344. The molecule has 0 radical (unpaired) electrons. The number of ketones is 1. The van der Waals surface area contributed by atoms with Crippen LogP contribution in [0, 0.1) is 5.82 Å². The number of carbonyl (C=O) groups excluding carboxylic acids is 1. The van der Waals surface area contributed by atoms with Crippen molar-refractivity contribution in [3.63, 3.8) is 0 Å². The third-order valence-electron chi connectivity index (χ3n) is 4.52. The zero-order chi connectivity index (χ0) is 22.8. The number of hydrogen-bond donors (Lipinski definition) is 2. The van der Waals surface area contributed by atoms with Gasteiger partial charge < -0.3 is 4.74 Å². The van der Waals surface area contributed by atoms with Gasteiger partial charge in [-0.2, -0.15) is 35.5 Å². The third-order valence-corrected chi connectivity index (χ3v) is 5.62. The van der Waals surface area contributed by atoms with E-state index in [-0.39, 0.29) is 22.4 Å². The maximum Gasteiger partial charge on any atom is 0.516 e. The van der Waals surface area contributed by atoms with Crippen LogP contribution < -0.4 is 9.46 Å². The first-order chi connectivity index (χ1) is 14.3. The van der Waals surface area contributed by atoms with Gasteiger partial charge in [-0.1, -0.05) is 0 Å². The lowest BCUT2D eigenvalue weighted by Gasteiger charge is -2.15. The normalized spacial score (nSPS) is 15.9. The van der Waals surface area contributed by atoms with Gasteiger partial charge in [-0.15, -0.1) is 0 Å². The van der Waals surface area contributed by atoms with E-state index in [0.29, 0.717) is 6.07 Å². The van der Waals surface area contributed by atoms with Crippen molar-refractivity contribution in [2.45, 2.75) is 17.9 Å². The van der Waals surface area contributed by atoms with Crippen LogP contribution in [-0.2, 0) is 16.4 Å². The average Bonchev–Trinajstić information content (AvgIpc) is 3.23. The first-order valence-corrected chi connectivity index (χ1v) is 9.77. The molecule has 0 saturated heterocycles. The SMILES string of the molecule is O=C1c2c(NS(=O)(=O)C(F)(F)F)ccc(Oc3ccc(F)c4[nH]ncc34)c2CC1(F)F. The first kappa shape index (κ1) is 21.0. The lowest BCUT2D eigenvalue weighted by atomic mass is 10.1. The van der Waals surface area contributed by atoms with E-state index in [4.69, 9.17) is 4.74 Å². The van der Waals surface area contributed by atoms with E-state index in [9.17, 15) is 39.6 Å². The molecule has 164 valence electrons. The molecular weight excluding hydrogens is 456 g/mol. The van der Waals surface area contributed by atoms with E-state index in [1.54, 1.807) is 0 Å². The van der Waals surface area contributed by atoms with Crippen LogP contribution in [0.4, 0.5) is 32.0 Å². The van der Waals surface area contributed by atoms with Crippen LogP contribution in [0.3, 0.4) is 0 Å². The zero-order valence-corrected chi connectivity index (χ0v) is 15.7. The molecule has 0 amide bonds. The fraction of sp³-hybridized carbons (Fsp3) is 0.176. The molecule has 1 aromatic heterocycles. The summed E-state index contributed by atoms with van der Waals surface area (Å²) in [7, 11) is -5.97. The highest BCUT2D eigenvalue weighted by Crippen LogP contribution is 2.45. The lowest BCUT2D eigenvalue weighted by Crippen LogP contribution is -2.31. The minimum atomic E-state index is -5.97. The summed E-state index contributed by atoms with van der Waals surface area (Å²) in [6, 6.07) is 3.79. The molecule has 31 heavy (non-hydrogen) atoms. The van der Waals surface area contributed by atoms with Gasteiger partial charge in [-0.25, -0.2) is 4.39 Å². The van der Waals surface area contributed by atoms with E-state index in [2.05, 4.69) is 10.2 Å². The van der Waals surface area contributed by atoms with Crippen molar-refractivity contribution < 1.29 is 44.3 Å². The second-order valence-electron chi connectivity index (χ2n) is 6.53. The molecule has 2 aromatic carbocycles. The number of anilines is 1. The van der Waals surface area contributed by atoms with Gasteiger partial charge in [-0.05, 0) is 24.3 Å². The molecule has 0 fully saturated rings. The summed E-state index contributed by atoms with van der Waals surface area (Å²) in [6.45, 7) is 0. The lowest BCUT2D eigenvalue weighted by molar-refractivity contribution is -0.0429. The minimum Gasteiger partial charge on any atom is -0.456 e. The molecule has 0 aliphatic heterocycles. The molecule has 1 heterocycles. The van der Waals surface area contributed by atoms with Crippen LogP contribution in [-0.4, -0.2) is 35.8 Å². The van der Waals surface area contributed by atoms with Gasteiger partial charge in [0.25, 0.3) is 0 Å². The highest BCUT2D eigenvalue weighted by molar-refractivity contribution is 7.93. The number of alkyl halides is 5. The van der Waals surface area contributed by atoms with Crippen molar-refractivity contribution in [1.29, 1.82) is 0 Å². The number of nitrogens with one attached hydrogen (secondary N) is 2. The predicted octanol–water partition coefficient (Wildman–Crippen LogP) is 4.13. The smallest absolute Gasteiger partial charge is 0.456 e. The van der Waals surface area contributed by atoms with E-state index >= 15 is 0 Å². The molecule has 0 spiro atoms. The number of aromatic nitrogens is 2. The Morgan fingerprint density at radius 1 is 1.13 bits per heavy atom. The number of hydrogen-bond acceptors (Lipinski definition) is 5. The molecule has 0 bridgehead atoms. The second-order valence-corrected chi connectivity index (χ2v) is 8.21. The Bertz CT molecular complexity index is 1330. The third kappa shape index (κ3) is 3.36. The average molecular weight is 465 g/mol. The Morgan fingerprint density at radius 2 is 1.81 bits per heavy atom. The van der Waals surface area contributed by atoms with Gasteiger partial charge in [-0.3, -0.25) is 14.6 Å². The highest BCUT2D eigenvalue weighted by Gasteiger charge is 2.51. The first-order valence-electron chi connectivity index (χ1n) is 8.29. The number of halogens is 6. The number of aromatic amines is 1. The molecular formula is C17H9F6N3O4S. The molecule has 2 N–H and O–H groups in total. The van der Waals surface area contributed by atoms with E-state index in [1.807, 2.05) is 0 Å². The summed E-state index contributed by atoms with van der Waals surface area (Å²) in [5.74, 6) is -6.92. The Hall–Kier alpha value is -3.29. The minimum absolute atomic E-state index is 0.0429. The van der Waals surface area contributed by atoms with Crippen LogP contribution in [0.25, 0.3) is 10.9 Å². The largest absolute Gasteiger partial charge is 0.516 e. The van der Waals surface area contributed by atoms with Crippen molar-refractivity contribution in [2.75, 3.05) is 4.72 Å². The molecule has 0 unspecified atom stereocenters. The number of ether oxygens (including phenoxy) is 1. The van der Waals surface area contributed by atoms with Crippen LogP contribution in [0.2, 0.25) is 0 Å². The Labute approximate surface area is 169 Å². The summed E-state index contributed by atoms with van der Waals surface area (Å²) >= 11 is 0. The van der Waals surface area contributed by atoms with Crippen LogP contribution in [0.15, 0.2) is 30.5 Å². The van der Waals surface area contributed by atoms with Gasteiger partial charge in [0, 0.05) is 12.0 Å². The molecule has 0 atom stereocenters. The van der Waals surface area contributed by atoms with Crippen molar-refractivity contribution in [3.05, 3.63) is 47.4 Å². The van der Waals surface area contributed by atoms with Crippen molar-refractivity contribution in [1.82, 2.24) is 10.2 Å². The summed E-state index contributed by atoms with van der Waals surface area (Å²) < 4.78 is 109. The van der Waals surface area contributed by atoms with E-state index in [0.717, 1.165) is 22.9 Å². The van der Waals surface area contributed by atoms with Gasteiger partial charge >= 0.3 is 21.5 Å². The molecule has 14 heteroatoms. The monoisotopic (exact) mass is 465 g/mol. The maximum absolute atomic E-state index is 14.1. The maximum atomic E-state index is 14.1. The fourth-order valence-electron chi connectivity index (χ4n) is 3.12. The number of fused-ring (bicyclic) bond motifs is 2. The van der Waals surface area contributed by atoms with E-state index in [1.165, 1.54) is 6.20 Å². The Kier molecular flexibility index (Phi) is 4.46. The number of carbonyl (C=O) groups is 1. The predicted molar refractivity (Wildman–Crippen MR) is 94.1 cm³/mol. The van der Waals surface area contributed by atoms with Crippen LogP contribution in [0.1, 0.15) is 15.9 Å². The summed E-state index contributed by atoms with van der Waals surface area (Å²) in [5, 5.41) is 6.15. The standard InChI is InChI=1S/C17H9F6N3O4S/c18-9-1-3-12(8-6-24-25-14(8)9)30-11-4-2-10(26-31(28,29)17(21,22)23)13-7(11)5-16(19,20)15(13)27/h1-4,6,26H,5H2,(H,24,25). The van der Waals surface area contributed by atoms with Gasteiger partial charge in [0.15, 0.2) is 0 Å². The number of benzene rings is 2. The van der Waals surface area contributed by atoms with Crippen molar-refractivity contribution in [3.8, 4) is 11.5 Å². The summed E-state index contributed by atoms with van der Waals surface area (Å²) in [4.78, 5) is 12.1. The van der Waals surface area contributed by atoms with Crippen LogP contribution >= 0.6 is 0 Å². The van der Waals surface area contributed by atoms with Gasteiger partial charge in [0.2, 0.25) is 5.78 Å². The second kappa shape index (κ2) is 6.60. The molecule has 1 aliphatic rings. The summed E-state index contributed by atoms with van der Waals surface area (Å²) in [5.41, 5.74) is -8.20. The highest BCUT2D eigenvalue weighted by atomic mass is 32.2. The van der Waals surface area contributed by atoms with Gasteiger partial charge in [0.1, 0.15) is 22.8 Å². The Balaban J connectivity index is 1.82. The Morgan fingerprint density at radius 3 is 2.48 bits per heavy atom.